The first-order chi connectivity index (χ1) is 15.9. The summed E-state index contributed by atoms with van der Waals surface area (Å²) in [6, 6.07) is 8.68. The second-order valence-electron chi connectivity index (χ2n) is 8.12. The molecule has 0 saturated carbocycles. The molecule has 0 aliphatic carbocycles. The van der Waals surface area contributed by atoms with E-state index >= 15 is 0 Å². The summed E-state index contributed by atoms with van der Waals surface area (Å²) in [7, 11) is 1.55. The molecule has 2 N–H and O–H groups in total. The Kier molecular flexibility index (Phi) is 6.60. The van der Waals surface area contributed by atoms with Gasteiger partial charge in [-0.1, -0.05) is 12.1 Å². The van der Waals surface area contributed by atoms with Gasteiger partial charge in [0, 0.05) is 37.4 Å². The van der Waals surface area contributed by atoms with Crippen molar-refractivity contribution in [3.63, 3.8) is 0 Å². The van der Waals surface area contributed by atoms with Crippen LogP contribution in [0.4, 0.5) is 15.9 Å². The number of anilines is 2. The third-order valence-corrected chi connectivity index (χ3v) is 5.77. The fraction of sp³-hybridized carbons (Fsp3) is 0.375. The zero-order chi connectivity index (χ0) is 23.5. The number of halogens is 1. The maximum atomic E-state index is 14.5. The molecule has 174 valence electrons. The Morgan fingerprint density at radius 1 is 1.24 bits per heavy atom. The lowest BCUT2D eigenvalue weighted by Crippen LogP contribution is -2.45. The second kappa shape index (κ2) is 9.58. The number of aliphatic hydroxyl groups excluding tert-OH is 1. The predicted octanol–water partition coefficient (Wildman–Crippen LogP) is 3.58. The summed E-state index contributed by atoms with van der Waals surface area (Å²) >= 11 is 0. The van der Waals surface area contributed by atoms with Gasteiger partial charge in [0.05, 0.1) is 18.3 Å². The lowest BCUT2D eigenvalue weighted by Gasteiger charge is -2.33. The first kappa shape index (κ1) is 22.7. The van der Waals surface area contributed by atoms with Gasteiger partial charge in [-0.2, -0.15) is 0 Å². The number of aryl methyl sites for hydroxylation is 1. The molecule has 1 atom stereocenters. The monoisotopic (exact) mass is 454 g/mol. The summed E-state index contributed by atoms with van der Waals surface area (Å²) in [5.74, 6) is 0.902. The molecule has 0 spiro atoms. The minimum atomic E-state index is -1.00. The molecule has 1 amide bonds. The van der Waals surface area contributed by atoms with Crippen molar-refractivity contribution in [1.82, 2.24) is 14.9 Å². The van der Waals surface area contributed by atoms with Crippen LogP contribution in [0.3, 0.4) is 0 Å². The van der Waals surface area contributed by atoms with Crippen molar-refractivity contribution in [2.24, 2.45) is 0 Å². The van der Waals surface area contributed by atoms with Gasteiger partial charge in [-0.15, -0.1) is 0 Å². The summed E-state index contributed by atoms with van der Waals surface area (Å²) < 4.78 is 26.2. The van der Waals surface area contributed by atoms with Gasteiger partial charge in [0.1, 0.15) is 30.2 Å². The number of fused-ring (bicyclic) bond motifs is 1. The van der Waals surface area contributed by atoms with E-state index < -0.39 is 6.10 Å². The molecular formula is C24H27FN4O4. The van der Waals surface area contributed by atoms with Crippen molar-refractivity contribution in [1.29, 1.82) is 0 Å². The molecule has 8 nitrogen and oxygen atoms in total. The number of benzene rings is 2. The number of hydrogen-bond acceptors (Lipinski definition) is 7. The summed E-state index contributed by atoms with van der Waals surface area (Å²) in [4.78, 5) is 22.3. The molecule has 3 aromatic rings. The molecule has 1 aliphatic rings. The number of likely N-dealkylation sites (tertiary alicyclic amines) is 1. The largest absolute Gasteiger partial charge is 0.493 e. The number of aromatic nitrogens is 2. The average Bonchev–Trinajstić information content (AvgIpc) is 2.81. The number of methoxy groups -OCH3 is 1. The summed E-state index contributed by atoms with van der Waals surface area (Å²) in [5, 5.41) is 13.2. The highest BCUT2D eigenvalue weighted by Crippen LogP contribution is 2.36. The quantitative estimate of drug-likeness (QED) is 0.588. The van der Waals surface area contributed by atoms with Crippen LogP contribution in [0.25, 0.3) is 10.9 Å². The van der Waals surface area contributed by atoms with E-state index in [0.29, 0.717) is 65.4 Å². The number of carbonyl (C=O) groups is 1. The van der Waals surface area contributed by atoms with Crippen LogP contribution in [0.5, 0.6) is 11.5 Å². The second-order valence-corrected chi connectivity index (χ2v) is 8.12. The number of ether oxygens (including phenoxy) is 2. The lowest BCUT2D eigenvalue weighted by atomic mass is 10.1. The minimum absolute atomic E-state index is 0.102. The van der Waals surface area contributed by atoms with Crippen molar-refractivity contribution in [3.05, 3.63) is 48.0 Å². The third kappa shape index (κ3) is 4.83. The molecule has 4 rings (SSSR count). The maximum Gasteiger partial charge on any atom is 0.251 e. The highest BCUT2D eigenvalue weighted by Gasteiger charge is 2.27. The maximum absolute atomic E-state index is 14.5. The van der Waals surface area contributed by atoms with Crippen molar-refractivity contribution >= 4 is 28.3 Å². The Morgan fingerprint density at radius 3 is 2.70 bits per heavy atom. The average molecular weight is 455 g/mol. The number of hydrogen-bond donors (Lipinski definition) is 2. The Morgan fingerprint density at radius 2 is 2.00 bits per heavy atom. The molecule has 33 heavy (non-hydrogen) atoms. The molecule has 0 bridgehead atoms. The van der Waals surface area contributed by atoms with Gasteiger partial charge in [-0.25, -0.2) is 14.4 Å². The molecular weight excluding hydrogens is 427 g/mol. The Hall–Kier alpha value is -3.46. The van der Waals surface area contributed by atoms with Crippen molar-refractivity contribution in [3.8, 4) is 11.5 Å². The molecule has 2 aromatic carbocycles. The molecule has 1 aliphatic heterocycles. The van der Waals surface area contributed by atoms with Crippen LogP contribution < -0.4 is 14.8 Å². The molecule has 1 fully saturated rings. The summed E-state index contributed by atoms with van der Waals surface area (Å²) in [5.41, 5.74) is 1.48. The van der Waals surface area contributed by atoms with Crippen LogP contribution in [0, 0.1) is 12.7 Å². The van der Waals surface area contributed by atoms with Gasteiger partial charge in [0.2, 0.25) is 0 Å². The highest BCUT2D eigenvalue weighted by atomic mass is 19.1. The van der Waals surface area contributed by atoms with Crippen molar-refractivity contribution in [2.75, 3.05) is 25.5 Å². The predicted molar refractivity (Wildman–Crippen MR) is 122 cm³/mol. The van der Waals surface area contributed by atoms with Crippen LogP contribution in [0.15, 0.2) is 36.7 Å². The zero-order valence-electron chi connectivity index (χ0n) is 18.8. The number of piperidine rings is 1. The normalized spacial score (nSPS) is 15.4. The van der Waals surface area contributed by atoms with Gasteiger partial charge < -0.3 is 24.8 Å². The van der Waals surface area contributed by atoms with Crippen molar-refractivity contribution in [2.45, 2.75) is 38.9 Å². The van der Waals surface area contributed by atoms with Crippen LogP contribution in [-0.2, 0) is 4.79 Å². The first-order valence-corrected chi connectivity index (χ1v) is 10.9. The third-order valence-electron chi connectivity index (χ3n) is 5.77. The molecule has 9 heteroatoms. The van der Waals surface area contributed by atoms with E-state index in [9.17, 15) is 14.3 Å². The van der Waals surface area contributed by atoms with E-state index in [0.717, 1.165) is 0 Å². The number of nitrogens with one attached hydrogen (secondary N) is 1. The van der Waals surface area contributed by atoms with E-state index in [1.807, 2.05) is 0 Å². The standard InChI is InChI=1S/C24H27FN4O4/c1-14-5-4-6-18(22(14)25)28-23-17-11-20(32-3)21(12-19(17)26-13-27-23)33-16-7-9-29(10-8-16)24(31)15(2)30/h4-6,11-13,15-16,30H,7-10H2,1-3H3,(H,26,27,28)/t15-/m1/s1. The van der Waals surface area contributed by atoms with Crippen molar-refractivity contribution < 1.29 is 23.8 Å². The number of amides is 1. The fourth-order valence-corrected chi connectivity index (χ4v) is 3.92. The summed E-state index contributed by atoms with van der Waals surface area (Å²) in [6.45, 7) is 4.21. The molecule has 2 heterocycles. The SMILES string of the molecule is COc1cc2c(Nc3cccc(C)c3F)ncnc2cc1OC1CCN(C(=O)[C@@H](C)O)CC1. The van der Waals surface area contributed by atoms with E-state index in [4.69, 9.17) is 9.47 Å². The van der Waals surface area contributed by atoms with Gasteiger partial charge >= 0.3 is 0 Å². The van der Waals surface area contributed by atoms with Gasteiger partial charge in [0.25, 0.3) is 5.91 Å². The Balaban J connectivity index is 1.56. The Labute approximate surface area is 191 Å². The summed E-state index contributed by atoms with van der Waals surface area (Å²) in [6.07, 6.45) is 1.59. The van der Waals surface area contributed by atoms with Gasteiger partial charge in [-0.05, 0) is 31.5 Å². The lowest BCUT2D eigenvalue weighted by molar-refractivity contribution is -0.141. The van der Waals surface area contributed by atoms with Gasteiger partial charge in [0.15, 0.2) is 11.5 Å². The molecule has 1 saturated heterocycles. The van der Waals surface area contributed by atoms with Gasteiger partial charge in [-0.3, -0.25) is 4.79 Å². The first-order valence-electron chi connectivity index (χ1n) is 10.9. The zero-order valence-corrected chi connectivity index (χ0v) is 18.8. The fourth-order valence-electron chi connectivity index (χ4n) is 3.92. The minimum Gasteiger partial charge on any atom is -0.493 e. The number of carbonyl (C=O) groups excluding carboxylic acids is 1. The van der Waals surface area contributed by atoms with Crippen LogP contribution >= 0.6 is 0 Å². The smallest absolute Gasteiger partial charge is 0.251 e. The molecule has 1 aromatic heterocycles. The van der Waals surface area contributed by atoms with Crippen LogP contribution in [-0.4, -0.2) is 58.3 Å². The van der Waals surface area contributed by atoms with E-state index in [2.05, 4.69) is 15.3 Å². The van der Waals surface area contributed by atoms with E-state index in [1.165, 1.54) is 13.3 Å². The number of aliphatic hydroxyl groups is 1. The van der Waals surface area contributed by atoms with E-state index in [-0.39, 0.29) is 17.8 Å². The number of nitrogens with zero attached hydrogens (tertiary/aromatic N) is 3. The molecule has 0 radical (unpaired) electrons. The highest BCUT2D eigenvalue weighted by molar-refractivity contribution is 5.93. The van der Waals surface area contributed by atoms with E-state index in [1.54, 1.807) is 49.3 Å². The number of rotatable bonds is 6. The van der Waals surface area contributed by atoms with Crippen LogP contribution in [0.1, 0.15) is 25.3 Å². The molecule has 0 unspecified atom stereocenters. The topological polar surface area (TPSA) is 96.8 Å². The Bertz CT molecular complexity index is 1160. The van der Waals surface area contributed by atoms with Crippen LogP contribution in [0.2, 0.25) is 0 Å².